The van der Waals surface area contributed by atoms with Gasteiger partial charge in [-0.05, 0) is 37.1 Å². The van der Waals surface area contributed by atoms with Crippen molar-refractivity contribution in [3.05, 3.63) is 23.8 Å². The van der Waals surface area contributed by atoms with Gasteiger partial charge >= 0.3 is 0 Å². The molecule has 1 aliphatic rings. The minimum Gasteiger partial charge on any atom is -0.507 e. The molecule has 0 atom stereocenters. The van der Waals surface area contributed by atoms with Crippen LogP contribution in [0.5, 0.6) is 5.75 Å². The van der Waals surface area contributed by atoms with E-state index >= 15 is 0 Å². The molecule has 0 spiro atoms. The summed E-state index contributed by atoms with van der Waals surface area (Å²) in [4.78, 5) is 6.60. The van der Waals surface area contributed by atoms with Gasteiger partial charge < -0.3 is 14.5 Å². The van der Waals surface area contributed by atoms with E-state index < -0.39 is 0 Å². The molecule has 5 heteroatoms. The summed E-state index contributed by atoms with van der Waals surface area (Å²) >= 11 is 0. The van der Waals surface area contributed by atoms with E-state index in [2.05, 4.69) is 15.0 Å². The number of aryl methyl sites for hydroxylation is 1. The summed E-state index contributed by atoms with van der Waals surface area (Å²) in [5.74, 6) is 1.18. The van der Waals surface area contributed by atoms with Crippen molar-refractivity contribution in [2.45, 2.75) is 32.6 Å². The molecule has 0 amide bonds. The van der Waals surface area contributed by atoms with Gasteiger partial charge in [-0.3, -0.25) is 0 Å². The summed E-state index contributed by atoms with van der Waals surface area (Å²) in [6, 6.07) is 5.36. The Morgan fingerprint density at radius 2 is 1.90 bits per heavy atom. The quantitative estimate of drug-likeness (QED) is 0.910. The fourth-order valence-corrected chi connectivity index (χ4v) is 2.55. The summed E-state index contributed by atoms with van der Waals surface area (Å²) in [5, 5.41) is 14.0. The molecule has 0 aliphatic carbocycles. The molecular formula is C15H19N3O2. The van der Waals surface area contributed by atoms with Crippen LogP contribution in [-0.2, 0) is 0 Å². The summed E-state index contributed by atoms with van der Waals surface area (Å²) in [5.41, 5.74) is 1.64. The van der Waals surface area contributed by atoms with Gasteiger partial charge in [-0.15, -0.1) is 0 Å². The van der Waals surface area contributed by atoms with Crippen molar-refractivity contribution < 1.29 is 9.63 Å². The van der Waals surface area contributed by atoms with E-state index in [0.717, 1.165) is 18.7 Å². The van der Waals surface area contributed by atoms with Crippen molar-refractivity contribution in [2.75, 3.05) is 18.0 Å². The van der Waals surface area contributed by atoms with Crippen molar-refractivity contribution in [2.24, 2.45) is 0 Å². The molecular weight excluding hydrogens is 254 g/mol. The maximum absolute atomic E-state index is 9.91. The van der Waals surface area contributed by atoms with E-state index in [-0.39, 0.29) is 5.75 Å². The number of phenols is 1. The number of nitrogens with zero attached hydrogens (tertiary/aromatic N) is 3. The second-order valence-electron chi connectivity index (χ2n) is 5.32. The maximum atomic E-state index is 9.91. The van der Waals surface area contributed by atoms with Crippen LogP contribution in [0.2, 0.25) is 0 Å². The van der Waals surface area contributed by atoms with Gasteiger partial charge in [0.15, 0.2) is 0 Å². The molecule has 0 radical (unpaired) electrons. The first-order chi connectivity index (χ1) is 9.74. The number of anilines is 1. The van der Waals surface area contributed by atoms with Gasteiger partial charge in [-0.1, -0.05) is 24.5 Å². The zero-order valence-electron chi connectivity index (χ0n) is 11.7. The molecule has 0 unspecified atom stereocenters. The van der Waals surface area contributed by atoms with Crippen LogP contribution in [0.25, 0.3) is 11.5 Å². The largest absolute Gasteiger partial charge is 0.507 e. The Balaban J connectivity index is 1.87. The third-order valence-corrected chi connectivity index (χ3v) is 3.69. The minimum absolute atomic E-state index is 0.168. The predicted molar refractivity (Wildman–Crippen MR) is 76.8 cm³/mol. The Morgan fingerprint density at radius 1 is 1.15 bits per heavy atom. The van der Waals surface area contributed by atoms with E-state index in [1.165, 1.54) is 25.7 Å². The first-order valence-corrected chi connectivity index (χ1v) is 7.13. The Morgan fingerprint density at radius 3 is 2.65 bits per heavy atom. The zero-order chi connectivity index (χ0) is 13.9. The number of hydrogen-bond acceptors (Lipinski definition) is 5. The summed E-state index contributed by atoms with van der Waals surface area (Å²) in [6.07, 6.45) is 4.86. The lowest BCUT2D eigenvalue weighted by Gasteiger charge is -2.16. The Labute approximate surface area is 118 Å². The fourth-order valence-electron chi connectivity index (χ4n) is 2.55. The van der Waals surface area contributed by atoms with Crippen LogP contribution in [0.15, 0.2) is 22.7 Å². The maximum Gasteiger partial charge on any atom is 0.266 e. The van der Waals surface area contributed by atoms with Crippen molar-refractivity contribution in [3.63, 3.8) is 0 Å². The summed E-state index contributed by atoms with van der Waals surface area (Å²) < 4.78 is 5.32. The highest BCUT2D eigenvalue weighted by Gasteiger charge is 2.18. The highest BCUT2D eigenvalue weighted by atomic mass is 16.5. The van der Waals surface area contributed by atoms with Gasteiger partial charge in [0.25, 0.3) is 11.8 Å². The molecule has 1 fully saturated rings. The lowest BCUT2D eigenvalue weighted by atomic mass is 10.1. The summed E-state index contributed by atoms with van der Waals surface area (Å²) in [6.45, 7) is 3.91. The molecule has 1 N–H and O–H groups in total. The van der Waals surface area contributed by atoms with E-state index in [1.54, 1.807) is 6.07 Å². The SMILES string of the molecule is Cc1ccc(O)c(-c2nc(N3CCCCCC3)no2)c1. The number of benzene rings is 1. The molecule has 0 bridgehead atoms. The van der Waals surface area contributed by atoms with Crippen molar-refractivity contribution in [3.8, 4) is 17.2 Å². The van der Waals surface area contributed by atoms with E-state index in [4.69, 9.17) is 4.52 Å². The average molecular weight is 273 g/mol. The Hall–Kier alpha value is -2.04. The normalized spacial score (nSPS) is 16.1. The third-order valence-electron chi connectivity index (χ3n) is 3.69. The second-order valence-corrected chi connectivity index (χ2v) is 5.32. The fraction of sp³-hybridized carbons (Fsp3) is 0.467. The molecule has 1 aromatic heterocycles. The van der Waals surface area contributed by atoms with Crippen molar-refractivity contribution in [1.82, 2.24) is 10.1 Å². The van der Waals surface area contributed by atoms with Crippen LogP contribution in [0.4, 0.5) is 5.95 Å². The van der Waals surface area contributed by atoms with E-state index in [9.17, 15) is 5.11 Å². The lowest BCUT2D eigenvalue weighted by molar-refractivity contribution is 0.423. The number of rotatable bonds is 2. The van der Waals surface area contributed by atoms with Crippen LogP contribution in [0.3, 0.4) is 0 Å². The molecule has 3 rings (SSSR count). The average Bonchev–Trinajstić information content (AvgIpc) is 2.77. The standard InChI is InChI=1S/C15H19N3O2/c1-11-6-7-13(19)12(10-11)14-16-15(17-20-14)18-8-4-2-3-5-9-18/h6-7,10,19H,2-5,8-9H2,1H3. The second kappa shape index (κ2) is 5.53. The predicted octanol–water partition coefficient (Wildman–Crippen LogP) is 3.13. The molecule has 106 valence electrons. The molecule has 1 saturated heterocycles. The highest BCUT2D eigenvalue weighted by Crippen LogP contribution is 2.30. The van der Waals surface area contributed by atoms with Gasteiger partial charge in [0.2, 0.25) is 0 Å². The topological polar surface area (TPSA) is 62.4 Å². The smallest absolute Gasteiger partial charge is 0.266 e. The highest BCUT2D eigenvalue weighted by molar-refractivity contribution is 5.63. The first-order valence-electron chi connectivity index (χ1n) is 7.13. The molecule has 1 aromatic carbocycles. The Bertz CT molecular complexity index is 587. The molecule has 0 saturated carbocycles. The number of phenolic OH excluding ortho intramolecular Hbond substituents is 1. The van der Waals surface area contributed by atoms with Crippen LogP contribution in [0, 0.1) is 6.92 Å². The van der Waals surface area contributed by atoms with Gasteiger partial charge in [0.05, 0.1) is 5.56 Å². The van der Waals surface area contributed by atoms with Crippen LogP contribution in [0.1, 0.15) is 31.2 Å². The van der Waals surface area contributed by atoms with Crippen molar-refractivity contribution >= 4 is 5.95 Å². The molecule has 5 nitrogen and oxygen atoms in total. The van der Waals surface area contributed by atoms with E-state index in [1.807, 2.05) is 19.1 Å². The minimum atomic E-state index is 0.168. The number of aromatic nitrogens is 2. The van der Waals surface area contributed by atoms with Crippen LogP contribution < -0.4 is 4.90 Å². The van der Waals surface area contributed by atoms with Gasteiger partial charge in [-0.25, -0.2) is 0 Å². The first kappa shape index (κ1) is 13.0. The van der Waals surface area contributed by atoms with Crippen LogP contribution >= 0.6 is 0 Å². The molecule has 2 aromatic rings. The number of hydrogen-bond donors (Lipinski definition) is 1. The number of aromatic hydroxyl groups is 1. The summed E-state index contributed by atoms with van der Waals surface area (Å²) in [7, 11) is 0. The lowest BCUT2D eigenvalue weighted by Crippen LogP contribution is -2.24. The van der Waals surface area contributed by atoms with E-state index in [0.29, 0.717) is 17.4 Å². The molecule has 2 heterocycles. The van der Waals surface area contributed by atoms with Crippen LogP contribution in [-0.4, -0.2) is 28.3 Å². The molecule has 20 heavy (non-hydrogen) atoms. The Kier molecular flexibility index (Phi) is 3.58. The van der Waals surface area contributed by atoms with Gasteiger partial charge in [-0.2, -0.15) is 4.98 Å². The van der Waals surface area contributed by atoms with Gasteiger partial charge in [0, 0.05) is 13.1 Å². The molecule has 1 aliphatic heterocycles. The monoisotopic (exact) mass is 273 g/mol. The zero-order valence-corrected chi connectivity index (χ0v) is 11.7. The van der Waals surface area contributed by atoms with Crippen molar-refractivity contribution in [1.29, 1.82) is 0 Å². The van der Waals surface area contributed by atoms with Gasteiger partial charge in [0.1, 0.15) is 5.75 Å². The third kappa shape index (κ3) is 2.61.